The molecule has 2 bridgehead atoms. The molecule has 2 atom stereocenters. The van der Waals surface area contributed by atoms with Crippen LogP contribution in [0.5, 0.6) is 0 Å². The molecular formula is C19H24N2O5. The van der Waals surface area contributed by atoms with Crippen molar-refractivity contribution in [1.29, 1.82) is 0 Å². The maximum Gasteiger partial charge on any atom is 0.345 e. The Hall–Kier alpha value is -2.44. The van der Waals surface area contributed by atoms with E-state index >= 15 is 0 Å². The van der Waals surface area contributed by atoms with Gasteiger partial charge >= 0.3 is 5.97 Å². The second kappa shape index (κ2) is 6.37. The highest BCUT2D eigenvalue weighted by atomic mass is 16.6. The molecule has 2 fully saturated rings. The predicted octanol–water partition coefficient (Wildman–Crippen LogP) is 3.18. The number of fused-ring (bicyclic) bond motifs is 2. The van der Waals surface area contributed by atoms with E-state index in [0.717, 1.165) is 19.3 Å². The van der Waals surface area contributed by atoms with Gasteiger partial charge in [-0.15, -0.1) is 0 Å². The van der Waals surface area contributed by atoms with Gasteiger partial charge < -0.3 is 9.64 Å². The third-order valence-electron chi connectivity index (χ3n) is 5.38. The van der Waals surface area contributed by atoms with Crippen LogP contribution in [0.25, 0.3) is 0 Å². The Morgan fingerprint density at radius 1 is 1.27 bits per heavy atom. The van der Waals surface area contributed by atoms with Crippen LogP contribution in [0, 0.1) is 20.9 Å². The van der Waals surface area contributed by atoms with Crippen molar-refractivity contribution >= 4 is 17.6 Å². The van der Waals surface area contributed by atoms with Crippen LogP contribution < -0.4 is 0 Å². The summed E-state index contributed by atoms with van der Waals surface area (Å²) in [7, 11) is 0. The lowest BCUT2D eigenvalue weighted by Gasteiger charge is -2.39. The fraction of sp³-hybridized carbons (Fsp3) is 0.579. The number of carbonyl (C=O) groups is 2. The van der Waals surface area contributed by atoms with Crippen LogP contribution in [-0.2, 0) is 9.53 Å². The zero-order valence-electron chi connectivity index (χ0n) is 15.4. The molecule has 2 aliphatic rings. The van der Waals surface area contributed by atoms with E-state index in [1.807, 2.05) is 4.90 Å². The Balaban J connectivity index is 1.65. The van der Waals surface area contributed by atoms with Crippen molar-refractivity contribution in [2.75, 3.05) is 13.2 Å². The summed E-state index contributed by atoms with van der Waals surface area (Å²) >= 11 is 0. The van der Waals surface area contributed by atoms with Crippen molar-refractivity contribution in [3.8, 4) is 0 Å². The number of para-hydroxylation sites is 1. The zero-order chi connectivity index (χ0) is 19.1. The second-order valence-electron chi connectivity index (χ2n) is 8.59. The van der Waals surface area contributed by atoms with Crippen molar-refractivity contribution in [3.63, 3.8) is 0 Å². The van der Waals surface area contributed by atoms with Gasteiger partial charge in [0.1, 0.15) is 5.56 Å². The SMILES string of the molecule is CC1(C)C[C@H]2C[C@](C)(CN2C(=O)COC(=O)c2ccccc2[N+](=O)[O-])C1. The molecule has 1 saturated carbocycles. The van der Waals surface area contributed by atoms with E-state index in [2.05, 4.69) is 20.8 Å². The third-order valence-corrected chi connectivity index (χ3v) is 5.38. The van der Waals surface area contributed by atoms with Gasteiger partial charge in [-0.1, -0.05) is 32.9 Å². The first-order valence-corrected chi connectivity index (χ1v) is 8.80. The smallest absolute Gasteiger partial charge is 0.345 e. The van der Waals surface area contributed by atoms with E-state index in [0.29, 0.717) is 6.54 Å². The first-order valence-electron chi connectivity index (χ1n) is 8.80. The van der Waals surface area contributed by atoms with Crippen LogP contribution in [0.2, 0.25) is 0 Å². The number of nitro groups is 1. The fourth-order valence-corrected chi connectivity index (χ4v) is 4.84. The average Bonchev–Trinajstić information content (AvgIpc) is 2.81. The van der Waals surface area contributed by atoms with Crippen molar-refractivity contribution in [2.45, 2.75) is 46.1 Å². The monoisotopic (exact) mass is 360 g/mol. The molecule has 7 heteroatoms. The van der Waals surface area contributed by atoms with Gasteiger partial charge in [0.25, 0.3) is 11.6 Å². The minimum Gasteiger partial charge on any atom is -0.452 e. The number of likely N-dealkylation sites (tertiary alicyclic amines) is 1. The Bertz CT molecular complexity index is 760. The number of esters is 1. The number of nitrogens with zero attached hydrogens (tertiary/aromatic N) is 2. The van der Waals surface area contributed by atoms with Gasteiger partial charge in [0.2, 0.25) is 0 Å². The quantitative estimate of drug-likeness (QED) is 0.467. The molecule has 1 heterocycles. The average molecular weight is 360 g/mol. The number of ether oxygens (including phenoxy) is 1. The van der Waals surface area contributed by atoms with Gasteiger partial charge in [0, 0.05) is 18.7 Å². The second-order valence-corrected chi connectivity index (χ2v) is 8.59. The predicted molar refractivity (Wildman–Crippen MR) is 94.6 cm³/mol. The molecule has 1 aliphatic carbocycles. The molecule has 0 N–H and O–H groups in total. The molecule has 1 aromatic rings. The molecule has 1 aromatic carbocycles. The molecule has 0 radical (unpaired) electrons. The lowest BCUT2D eigenvalue weighted by atomic mass is 9.65. The molecule has 0 unspecified atom stereocenters. The standard InChI is InChI=1S/C19H24N2O5/c1-18(2)8-13-9-19(3,11-18)12-20(13)16(22)10-26-17(23)14-6-4-5-7-15(14)21(24)25/h4-7,13H,8-12H2,1-3H3/t13-,19-/m0/s1. The minimum absolute atomic E-state index is 0.101. The van der Waals surface area contributed by atoms with E-state index in [1.54, 1.807) is 0 Å². The summed E-state index contributed by atoms with van der Waals surface area (Å²) in [5.41, 5.74) is -0.173. The Labute approximate surface area is 152 Å². The Kier molecular flexibility index (Phi) is 4.50. The summed E-state index contributed by atoms with van der Waals surface area (Å²) in [5, 5.41) is 11.0. The number of nitro benzene ring substituents is 1. The number of hydrogen-bond donors (Lipinski definition) is 0. The molecule has 7 nitrogen and oxygen atoms in total. The summed E-state index contributed by atoms with van der Waals surface area (Å²) < 4.78 is 5.09. The summed E-state index contributed by atoms with van der Waals surface area (Å²) in [6, 6.07) is 5.74. The highest BCUT2D eigenvalue weighted by Crippen LogP contribution is 2.52. The van der Waals surface area contributed by atoms with E-state index < -0.39 is 17.5 Å². The molecule has 1 saturated heterocycles. The van der Waals surface area contributed by atoms with Crippen LogP contribution in [0.4, 0.5) is 5.69 Å². The van der Waals surface area contributed by atoms with Crippen LogP contribution in [0.3, 0.4) is 0 Å². The van der Waals surface area contributed by atoms with E-state index in [9.17, 15) is 19.7 Å². The number of rotatable bonds is 4. The van der Waals surface area contributed by atoms with E-state index in [4.69, 9.17) is 4.74 Å². The van der Waals surface area contributed by atoms with Crippen molar-refractivity contribution in [1.82, 2.24) is 4.90 Å². The van der Waals surface area contributed by atoms with Gasteiger partial charge in [0.15, 0.2) is 6.61 Å². The van der Waals surface area contributed by atoms with Crippen molar-refractivity contribution < 1.29 is 19.2 Å². The maximum absolute atomic E-state index is 12.6. The van der Waals surface area contributed by atoms with Gasteiger partial charge in [-0.05, 0) is 36.2 Å². The van der Waals surface area contributed by atoms with Crippen molar-refractivity contribution in [3.05, 3.63) is 39.9 Å². The molecule has 3 rings (SSSR count). The van der Waals surface area contributed by atoms with Gasteiger partial charge in [0.05, 0.1) is 4.92 Å². The molecule has 0 spiro atoms. The number of amides is 1. The van der Waals surface area contributed by atoms with E-state index in [-0.39, 0.29) is 34.0 Å². The van der Waals surface area contributed by atoms with Gasteiger partial charge in [-0.2, -0.15) is 0 Å². The van der Waals surface area contributed by atoms with E-state index in [1.165, 1.54) is 24.3 Å². The molecular weight excluding hydrogens is 336 g/mol. The largest absolute Gasteiger partial charge is 0.452 e. The van der Waals surface area contributed by atoms with Crippen LogP contribution in [0.15, 0.2) is 24.3 Å². The normalized spacial score (nSPS) is 26.4. The molecule has 140 valence electrons. The fourth-order valence-electron chi connectivity index (χ4n) is 4.84. The molecule has 1 aliphatic heterocycles. The van der Waals surface area contributed by atoms with Gasteiger partial charge in [-0.25, -0.2) is 4.79 Å². The number of carbonyl (C=O) groups excluding carboxylic acids is 2. The highest BCUT2D eigenvalue weighted by Gasteiger charge is 2.50. The van der Waals surface area contributed by atoms with Crippen LogP contribution >= 0.6 is 0 Å². The maximum atomic E-state index is 12.6. The van der Waals surface area contributed by atoms with Crippen LogP contribution in [-0.4, -0.2) is 40.9 Å². The summed E-state index contributed by atoms with van der Waals surface area (Å²) in [4.78, 5) is 37.0. The lowest BCUT2D eigenvalue weighted by molar-refractivity contribution is -0.385. The third kappa shape index (κ3) is 3.57. The summed E-state index contributed by atoms with van der Waals surface area (Å²) in [6.45, 7) is 6.92. The molecule has 26 heavy (non-hydrogen) atoms. The zero-order valence-corrected chi connectivity index (χ0v) is 15.4. The summed E-state index contributed by atoms with van der Waals surface area (Å²) in [5.74, 6) is -1.08. The summed E-state index contributed by atoms with van der Waals surface area (Å²) in [6.07, 6.45) is 2.98. The molecule has 0 aromatic heterocycles. The Morgan fingerprint density at radius 3 is 2.65 bits per heavy atom. The first-order chi connectivity index (χ1) is 12.1. The topological polar surface area (TPSA) is 89.8 Å². The Morgan fingerprint density at radius 2 is 1.96 bits per heavy atom. The van der Waals surface area contributed by atoms with Gasteiger partial charge in [-0.3, -0.25) is 14.9 Å². The van der Waals surface area contributed by atoms with Crippen molar-refractivity contribution in [2.24, 2.45) is 10.8 Å². The first kappa shape index (κ1) is 18.4. The lowest BCUT2D eigenvalue weighted by Crippen LogP contribution is -2.39. The minimum atomic E-state index is -0.848. The number of hydrogen-bond acceptors (Lipinski definition) is 5. The number of benzene rings is 1. The van der Waals surface area contributed by atoms with Crippen LogP contribution in [0.1, 0.15) is 50.4 Å². The highest BCUT2D eigenvalue weighted by molar-refractivity contribution is 5.95. The molecule has 1 amide bonds.